The van der Waals surface area contributed by atoms with Crippen LogP contribution in [0, 0.1) is 12.0 Å². The van der Waals surface area contributed by atoms with Crippen LogP contribution in [0.3, 0.4) is 0 Å². The van der Waals surface area contributed by atoms with Crippen LogP contribution < -0.4 is 4.74 Å². The van der Waals surface area contributed by atoms with Gasteiger partial charge in [0.15, 0.2) is 5.75 Å². The summed E-state index contributed by atoms with van der Waals surface area (Å²) in [5.74, 6) is -0.815. The highest BCUT2D eigenvalue weighted by Crippen LogP contribution is 2.46. The number of fused-ring (bicyclic) bond motifs is 1. The van der Waals surface area contributed by atoms with Crippen molar-refractivity contribution in [3.63, 3.8) is 0 Å². The zero-order chi connectivity index (χ0) is 21.5. The summed E-state index contributed by atoms with van der Waals surface area (Å²) in [7, 11) is 0. The van der Waals surface area contributed by atoms with Crippen molar-refractivity contribution in [2.24, 2.45) is 5.92 Å². The molecule has 4 rings (SSSR count). The lowest BCUT2D eigenvalue weighted by atomic mass is 9.97. The van der Waals surface area contributed by atoms with Crippen molar-refractivity contribution in [3.8, 4) is 11.5 Å². The van der Waals surface area contributed by atoms with E-state index in [1.54, 1.807) is 6.07 Å². The van der Waals surface area contributed by atoms with E-state index in [-0.39, 0.29) is 5.75 Å². The van der Waals surface area contributed by atoms with Gasteiger partial charge in [-0.1, -0.05) is 25.7 Å². The molecule has 1 N–H and O–H groups in total. The largest absolute Gasteiger partial charge is 0.456 e. The molecule has 159 valence electrons. The Hall–Kier alpha value is -2.64. The van der Waals surface area contributed by atoms with Crippen LogP contribution in [0.1, 0.15) is 42.4 Å². The highest BCUT2D eigenvalue weighted by Gasteiger charge is 2.42. The molecule has 0 spiro atoms. The van der Waals surface area contributed by atoms with E-state index in [2.05, 4.69) is 4.98 Å². The van der Waals surface area contributed by atoms with E-state index in [0.717, 1.165) is 35.7 Å². The summed E-state index contributed by atoms with van der Waals surface area (Å²) in [5.41, 5.74) is -1.30. The molecule has 1 radical (unpaired) electrons. The monoisotopic (exact) mass is 426 g/mol. The number of aromatic nitrogens is 1. The normalized spacial score (nSPS) is 15.8. The minimum atomic E-state index is -5.01. The van der Waals surface area contributed by atoms with Crippen molar-refractivity contribution in [1.29, 1.82) is 0 Å². The summed E-state index contributed by atoms with van der Waals surface area (Å²) in [5, 5.41) is 0.740. The molecule has 2 aromatic carbocycles. The van der Waals surface area contributed by atoms with E-state index in [9.17, 15) is 26.3 Å². The van der Waals surface area contributed by atoms with E-state index < -0.39 is 29.2 Å². The van der Waals surface area contributed by atoms with Crippen LogP contribution in [0.25, 0.3) is 10.9 Å². The maximum absolute atomic E-state index is 13.3. The molecule has 0 bridgehead atoms. The predicted octanol–water partition coefficient (Wildman–Crippen LogP) is 7.53. The molecular formula is C22H18F6NO. The molecule has 0 amide bonds. The van der Waals surface area contributed by atoms with Gasteiger partial charge >= 0.3 is 12.4 Å². The third-order valence-electron chi connectivity index (χ3n) is 5.50. The lowest BCUT2D eigenvalue weighted by Gasteiger charge is -2.18. The number of benzene rings is 2. The minimum Gasteiger partial charge on any atom is -0.456 e. The molecule has 0 aliphatic heterocycles. The predicted molar refractivity (Wildman–Crippen MR) is 99.3 cm³/mol. The van der Waals surface area contributed by atoms with Gasteiger partial charge in [-0.3, -0.25) is 0 Å². The molecule has 1 fully saturated rings. The van der Waals surface area contributed by atoms with Crippen LogP contribution >= 0.6 is 0 Å². The first-order chi connectivity index (χ1) is 14.1. The number of alkyl halides is 6. The number of aromatic amines is 1. The molecule has 1 saturated carbocycles. The number of rotatable bonds is 4. The van der Waals surface area contributed by atoms with Crippen molar-refractivity contribution >= 4 is 10.9 Å². The number of halogens is 6. The van der Waals surface area contributed by atoms with Crippen LogP contribution in [-0.4, -0.2) is 4.98 Å². The molecule has 30 heavy (non-hydrogen) atoms. The fraction of sp³-hybridized carbons (Fsp3) is 0.364. The third-order valence-corrected chi connectivity index (χ3v) is 5.50. The fourth-order valence-corrected chi connectivity index (χ4v) is 4.05. The second-order valence-electron chi connectivity index (χ2n) is 7.59. The average molecular weight is 426 g/mol. The Morgan fingerprint density at radius 1 is 0.967 bits per heavy atom. The lowest BCUT2D eigenvalue weighted by molar-refractivity contribution is -0.145. The summed E-state index contributed by atoms with van der Waals surface area (Å²) < 4.78 is 85.3. The van der Waals surface area contributed by atoms with Gasteiger partial charge in [-0.05, 0) is 54.3 Å². The molecule has 0 unspecified atom stereocenters. The molecule has 0 saturated heterocycles. The van der Waals surface area contributed by atoms with Crippen LogP contribution in [0.2, 0.25) is 0 Å². The standard InChI is InChI=1S/C22H18F6NO/c23-21(24,25)17-6-3-7-18(22(26,27)28)20(17)30-15-8-9-19-16(11-15)14(12-29-19)10-13-4-1-2-5-13/h6-9,11-13,29H,1-2,4-5,10H2. The topological polar surface area (TPSA) is 25.0 Å². The van der Waals surface area contributed by atoms with Crippen LogP contribution in [-0.2, 0) is 18.8 Å². The van der Waals surface area contributed by atoms with Crippen molar-refractivity contribution in [2.45, 2.75) is 44.5 Å². The number of H-pyrrole nitrogens is 1. The van der Waals surface area contributed by atoms with Crippen LogP contribution in [0.5, 0.6) is 11.5 Å². The second kappa shape index (κ2) is 7.56. The summed E-state index contributed by atoms with van der Waals surface area (Å²) in [6, 6.07) is 7.29. The molecule has 1 heterocycles. The van der Waals surface area contributed by atoms with Gasteiger partial charge in [0.05, 0.1) is 11.1 Å². The number of hydrogen-bond acceptors (Lipinski definition) is 1. The van der Waals surface area contributed by atoms with E-state index in [0.29, 0.717) is 18.1 Å². The zero-order valence-electron chi connectivity index (χ0n) is 15.8. The van der Waals surface area contributed by atoms with E-state index in [4.69, 9.17) is 4.74 Å². The van der Waals surface area contributed by atoms with Gasteiger partial charge in [-0.25, -0.2) is 0 Å². The van der Waals surface area contributed by atoms with Crippen molar-refractivity contribution in [2.75, 3.05) is 0 Å². The molecule has 0 atom stereocenters. The van der Waals surface area contributed by atoms with Gasteiger partial charge < -0.3 is 9.72 Å². The second-order valence-corrected chi connectivity index (χ2v) is 7.59. The first kappa shape index (κ1) is 20.6. The Morgan fingerprint density at radius 3 is 2.20 bits per heavy atom. The van der Waals surface area contributed by atoms with Gasteiger partial charge in [-0.15, -0.1) is 0 Å². The lowest BCUT2D eigenvalue weighted by Crippen LogP contribution is -2.13. The number of hydrogen-bond donors (Lipinski definition) is 1. The van der Waals surface area contributed by atoms with Crippen molar-refractivity contribution in [1.82, 2.24) is 4.98 Å². The Balaban J connectivity index is 1.73. The number of ether oxygens (including phenoxy) is 1. The summed E-state index contributed by atoms with van der Waals surface area (Å²) in [4.78, 5) is 3.10. The van der Waals surface area contributed by atoms with Gasteiger partial charge in [-0.2, -0.15) is 26.3 Å². The summed E-state index contributed by atoms with van der Waals surface area (Å²) >= 11 is 0. The first-order valence-corrected chi connectivity index (χ1v) is 9.59. The van der Waals surface area contributed by atoms with Gasteiger partial charge in [0.1, 0.15) is 5.75 Å². The highest BCUT2D eigenvalue weighted by molar-refractivity contribution is 5.84. The quantitative estimate of drug-likeness (QED) is 0.429. The highest BCUT2D eigenvalue weighted by atomic mass is 19.4. The molecule has 1 aromatic heterocycles. The van der Waals surface area contributed by atoms with Crippen molar-refractivity contribution < 1.29 is 31.1 Å². The van der Waals surface area contributed by atoms with Gasteiger partial charge in [0.2, 0.25) is 0 Å². The molecule has 8 heteroatoms. The van der Waals surface area contributed by atoms with E-state index in [1.165, 1.54) is 25.0 Å². The third kappa shape index (κ3) is 4.13. The summed E-state index contributed by atoms with van der Waals surface area (Å²) in [6.07, 6.45) is -2.80. The molecule has 3 aromatic rings. The number of nitrogens with one attached hydrogen (secondary N) is 1. The molecule has 1 aliphatic rings. The fourth-order valence-electron chi connectivity index (χ4n) is 4.05. The average Bonchev–Trinajstić information content (AvgIpc) is 3.31. The molecular weight excluding hydrogens is 408 g/mol. The minimum absolute atomic E-state index is 0.0861. The Bertz CT molecular complexity index is 1010. The van der Waals surface area contributed by atoms with Crippen molar-refractivity contribution in [3.05, 3.63) is 59.3 Å². The molecule has 2 nitrogen and oxygen atoms in total. The van der Waals surface area contributed by atoms with Gasteiger partial charge in [0.25, 0.3) is 0 Å². The molecule has 1 aliphatic carbocycles. The van der Waals surface area contributed by atoms with Gasteiger partial charge in [0, 0.05) is 17.1 Å². The first-order valence-electron chi connectivity index (χ1n) is 9.59. The maximum Gasteiger partial charge on any atom is 0.420 e. The van der Waals surface area contributed by atoms with Crippen LogP contribution in [0.4, 0.5) is 26.3 Å². The zero-order valence-corrected chi connectivity index (χ0v) is 15.8. The Labute approximate surface area is 168 Å². The summed E-state index contributed by atoms with van der Waals surface area (Å²) in [6.45, 7) is 0. The van der Waals surface area contributed by atoms with E-state index in [1.807, 2.05) is 12.3 Å². The Morgan fingerprint density at radius 2 is 1.60 bits per heavy atom. The Kier molecular flexibility index (Phi) is 5.20. The van der Waals surface area contributed by atoms with E-state index >= 15 is 0 Å². The van der Waals surface area contributed by atoms with Crippen LogP contribution in [0.15, 0.2) is 36.5 Å². The smallest absolute Gasteiger partial charge is 0.420 e. The SMILES string of the molecule is FC(F)(F)c1c[c]cc(C(F)(F)F)c1Oc1ccc2[nH]cc(CC3CCCC3)c2c1. The maximum atomic E-state index is 13.3.